The van der Waals surface area contributed by atoms with Gasteiger partial charge in [0.1, 0.15) is 0 Å². The summed E-state index contributed by atoms with van der Waals surface area (Å²) in [5.74, 6) is -0.0253. The zero-order valence-corrected chi connectivity index (χ0v) is 11.2. The Balaban J connectivity index is 2.37. The van der Waals surface area contributed by atoms with Crippen molar-refractivity contribution in [3.05, 3.63) is 33.7 Å². The van der Waals surface area contributed by atoms with Crippen molar-refractivity contribution in [3.63, 3.8) is 0 Å². The summed E-state index contributed by atoms with van der Waals surface area (Å²) < 4.78 is 4.94. The lowest BCUT2D eigenvalue weighted by molar-refractivity contribution is -0.385. The maximum Gasteiger partial charge on any atom is 0.311 e. The van der Waals surface area contributed by atoms with Crippen LogP contribution in [0.3, 0.4) is 0 Å². The summed E-state index contributed by atoms with van der Waals surface area (Å²) in [6, 6.07) is 4.59. The fraction of sp³-hybridized carbons (Fsp3) is 0.0909. The molecule has 0 aliphatic rings. The molecule has 8 nitrogen and oxygen atoms in total. The van der Waals surface area contributed by atoms with E-state index in [1.165, 1.54) is 30.6 Å². The van der Waals surface area contributed by atoms with Crippen LogP contribution in [0.1, 0.15) is 0 Å². The van der Waals surface area contributed by atoms with Crippen molar-refractivity contribution < 1.29 is 9.66 Å². The number of rotatable bonds is 4. The molecule has 1 aromatic carbocycles. The zero-order chi connectivity index (χ0) is 14.7. The Hall–Kier alpha value is -2.68. The molecular formula is C11H11N5O3S. The molecule has 2 rings (SSSR count). The lowest BCUT2D eigenvalue weighted by Gasteiger charge is -2.03. The Bertz CT molecular complexity index is 670. The highest BCUT2D eigenvalue weighted by molar-refractivity contribution is 7.14. The summed E-state index contributed by atoms with van der Waals surface area (Å²) in [4.78, 5) is 14.7. The molecule has 0 unspecified atom stereocenters. The highest BCUT2D eigenvalue weighted by Crippen LogP contribution is 2.33. The number of thiazole rings is 1. The molecule has 0 spiro atoms. The monoisotopic (exact) mass is 293 g/mol. The third-order valence-electron chi connectivity index (χ3n) is 2.42. The van der Waals surface area contributed by atoms with Gasteiger partial charge in [0.05, 0.1) is 17.7 Å². The van der Waals surface area contributed by atoms with E-state index >= 15 is 0 Å². The van der Waals surface area contributed by atoms with Gasteiger partial charge < -0.3 is 15.8 Å². The van der Waals surface area contributed by atoms with E-state index < -0.39 is 4.92 Å². The molecule has 9 heteroatoms. The van der Waals surface area contributed by atoms with Crippen LogP contribution in [-0.4, -0.2) is 23.0 Å². The fourth-order valence-electron chi connectivity index (χ4n) is 1.57. The fourth-order valence-corrected chi connectivity index (χ4v) is 2.30. The molecule has 0 atom stereocenters. The Labute approximate surface area is 117 Å². The molecule has 104 valence electrons. The average Bonchev–Trinajstić information content (AvgIpc) is 2.85. The molecule has 0 aliphatic carbocycles. The summed E-state index contributed by atoms with van der Waals surface area (Å²) in [6.45, 7) is 0. The number of ether oxygens (including phenoxy) is 1. The maximum absolute atomic E-state index is 11.0. The van der Waals surface area contributed by atoms with Crippen molar-refractivity contribution >= 4 is 28.1 Å². The minimum Gasteiger partial charge on any atom is -0.490 e. The molecule has 2 aromatic rings. The zero-order valence-electron chi connectivity index (χ0n) is 10.4. The lowest BCUT2D eigenvalue weighted by atomic mass is 10.1. The first-order valence-electron chi connectivity index (χ1n) is 5.40. The molecule has 0 amide bonds. The SMILES string of the molecule is COc1ccc(-c2csc(NC(=N)N)n2)cc1[N+](=O)[O-]. The number of aromatic nitrogens is 1. The van der Waals surface area contributed by atoms with E-state index in [0.29, 0.717) is 16.4 Å². The molecule has 0 bridgehead atoms. The molecule has 4 N–H and O–H groups in total. The highest BCUT2D eigenvalue weighted by Gasteiger charge is 2.17. The van der Waals surface area contributed by atoms with Crippen molar-refractivity contribution in [2.75, 3.05) is 12.4 Å². The summed E-state index contributed by atoms with van der Waals surface area (Å²) in [5, 5.41) is 22.8. The van der Waals surface area contributed by atoms with Crippen LogP contribution in [0.2, 0.25) is 0 Å². The van der Waals surface area contributed by atoms with Crippen molar-refractivity contribution in [1.29, 1.82) is 5.41 Å². The van der Waals surface area contributed by atoms with Crippen molar-refractivity contribution in [2.45, 2.75) is 0 Å². The normalized spacial score (nSPS) is 10.1. The van der Waals surface area contributed by atoms with Gasteiger partial charge in [0.25, 0.3) is 0 Å². The molecule has 0 fully saturated rings. The van der Waals surface area contributed by atoms with E-state index in [-0.39, 0.29) is 17.4 Å². The van der Waals surface area contributed by atoms with E-state index in [4.69, 9.17) is 15.9 Å². The molecule has 1 aromatic heterocycles. The van der Waals surface area contributed by atoms with Gasteiger partial charge in [0, 0.05) is 17.0 Å². The van der Waals surface area contributed by atoms with Crippen LogP contribution in [0.5, 0.6) is 5.75 Å². The van der Waals surface area contributed by atoms with Crippen LogP contribution in [-0.2, 0) is 0 Å². The molecule has 0 aliphatic heterocycles. The summed E-state index contributed by atoms with van der Waals surface area (Å²) in [6.07, 6.45) is 0. The van der Waals surface area contributed by atoms with Gasteiger partial charge in [-0.25, -0.2) is 4.98 Å². The van der Waals surface area contributed by atoms with Crippen molar-refractivity contribution in [2.24, 2.45) is 5.73 Å². The minimum absolute atomic E-state index is 0.126. The Kier molecular flexibility index (Phi) is 3.80. The number of hydrogen-bond donors (Lipinski definition) is 3. The largest absolute Gasteiger partial charge is 0.490 e. The summed E-state index contributed by atoms with van der Waals surface area (Å²) in [7, 11) is 1.37. The molecule has 1 heterocycles. The standard InChI is InChI=1S/C11H11N5O3S/c1-19-9-3-2-6(4-8(9)16(17)18)7-5-20-11(14-7)15-10(12)13/h2-5H,1H3,(H4,12,13,14,15). The minimum atomic E-state index is -0.510. The van der Waals surface area contributed by atoms with Crippen molar-refractivity contribution in [3.8, 4) is 17.0 Å². The number of methoxy groups -OCH3 is 1. The predicted molar refractivity (Wildman–Crippen MR) is 76.3 cm³/mol. The third kappa shape index (κ3) is 2.83. The number of nitrogens with two attached hydrogens (primary N) is 1. The van der Waals surface area contributed by atoms with Gasteiger partial charge in [-0.15, -0.1) is 11.3 Å². The van der Waals surface area contributed by atoms with E-state index in [1.807, 2.05) is 0 Å². The molecule has 0 saturated heterocycles. The van der Waals surface area contributed by atoms with Crippen LogP contribution >= 0.6 is 11.3 Å². The van der Waals surface area contributed by atoms with Crippen LogP contribution in [0, 0.1) is 15.5 Å². The predicted octanol–water partition coefficient (Wildman–Crippen LogP) is 2.03. The lowest BCUT2D eigenvalue weighted by Crippen LogP contribution is -2.20. The van der Waals surface area contributed by atoms with Gasteiger partial charge >= 0.3 is 5.69 Å². The summed E-state index contributed by atoms with van der Waals surface area (Å²) in [5.41, 5.74) is 6.23. The van der Waals surface area contributed by atoms with Gasteiger partial charge in [-0.3, -0.25) is 15.5 Å². The van der Waals surface area contributed by atoms with Gasteiger partial charge in [-0.05, 0) is 12.1 Å². The van der Waals surface area contributed by atoms with E-state index in [1.54, 1.807) is 11.4 Å². The highest BCUT2D eigenvalue weighted by atomic mass is 32.1. The van der Waals surface area contributed by atoms with Crippen LogP contribution in [0.4, 0.5) is 10.8 Å². The topological polar surface area (TPSA) is 127 Å². The average molecular weight is 293 g/mol. The molecule has 0 radical (unpaired) electrons. The van der Waals surface area contributed by atoms with E-state index in [2.05, 4.69) is 10.3 Å². The van der Waals surface area contributed by atoms with Crippen LogP contribution in [0.25, 0.3) is 11.3 Å². The first kappa shape index (κ1) is 13.7. The Morgan fingerprint density at radius 1 is 1.60 bits per heavy atom. The second-order valence-corrected chi connectivity index (χ2v) is 4.58. The second-order valence-electron chi connectivity index (χ2n) is 3.72. The number of nitro groups is 1. The molecule has 0 saturated carbocycles. The van der Waals surface area contributed by atoms with Crippen molar-refractivity contribution in [1.82, 2.24) is 4.98 Å². The van der Waals surface area contributed by atoms with Gasteiger partial charge in [0.2, 0.25) is 0 Å². The van der Waals surface area contributed by atoms with Gasteiger partial charge in [-0.1, -0.05) is 0 Å². The van der Waals surface area contributed by atoms with E-state index in [0.717, 1.165) is 0 Å². The Morgan fingerprint density at radius 3 is 2.95 bits per heavy atom. The van der Waals surface area contributed by atoms with Crippen LogP contribution in [0.15, 0.2) is 23.6 Å². The number of nitro benzene ring substituents is 1. The smallest absolute Gasteiger partial charge is 0.311 e. The quantitative estimate of drug-likeness (QED) is 0.342. The molecular weight excluding hydrogens is 282 g/mol. The maximum atomic E-state index is 11.0. The van der Waals surface area contributed by atoms with Crippen LogP contribution < -0.4 is 15.8 Å². The first-order valence-corrected chi connectivity index (χ1v) is 6.28. The number of guanidine groups is 1. The summed E-state index contributed by atoms with van der Waals surface area (Å²) >= 11 is 1.25. The molecule has 20 heavy (non-hydrogen) atoms. The van der Waals surface area contributed by atoms with Gasteiger partial charge in [0.15, 0.2) is 16.8 Å². The Morgan fingerprint density at radius 2 is 2.35 bits per heavy atom. The van der Waals surface area contributed by atoms with E-state index in [9.17, 15) is 10.1 Å². The number of hydrogen-bond acceptors (Lipinski definition) is 6. The number of nitrogens with zero attached hydrogens (tertiary/aromatic N) is 2. The number of nitrogens with one attached hydrogen (secondary N) is 2. The number of anilines is 1. The number of benzene rings is 1. The first-order chi connectivity index (χ1) is 9.51. The second kappa shape index (κ2) is 5.53. The van der Waals surface area contributed by atoms with Gasteiger partial charge in [-0.2, -0.15) is 0 Å². The third-order valence-corrected chi connectivity index (χ3v) is 3.17.